The smallest absolute Gasteiger partial charge is 0.126 e. The van der Waals surface area contributed by atoms with Crippen molar-refractivity contribution < 1.29 is 14.6 Å². The first-order chi connectivity index (χ1) is 8.97. The van der Waals surface area contributed by atoms with Crippen LogP contribution in [0.2, 0.25) is 0 Å². The number of ether oxygens (including phenoxy) is 2. The van der Waals surface area contributed by atoms with Gasteiger partial charge in [0.1, 0.15) is 5.75 Å². The summed E-state index contributed by atoms with van der Waals surface area (Å²) in [7, 11) is 1.67. The quantitative estimate of drug-likeness (QED) is 0.859. The minimum Gasteiger partial charge on any atom is -0.496 e. The van der Waals surface area contributed by atoms with Crippen LogP contribution in [-0.2, 0) is 10.2 Å². The molecule has 0 aromatic heterocycles. The van der Waals surface area contributed by atoms with Crippen LogP contribution in [0.25, 0.3) is 0 Å². The molecule has 1 heterocycles. The molecule has 4 nitrogen and oxygen atoms in total. The van der Waals surface area contributed by atoms with E-state index in [9.17, 15) is 5.11 Å². The Morgan fingerprint density at radius 1 is 1.37 bits per heavy atom. The first-order valence-corrected chi connectivity index (χ1v) is 6.59. The van der Waals surface area contributed by atoms with Gasteiger partial charge in [-0.05, 0) is 37.5 Å². The van der Waals surface area contributed by atoms with Gasteiger partial charge in [0.25, 0.3) is 0 Å². The number of rotatable bonds is 4. The molecule has 1 saturated heterocycles. The fraction of sp³-hybridized carbons (Fsp3) is 0.600. The average molecular weight is 265 g/mol. The highest BCUT2D eigenvalue weighted by Crippen LogP contribution is 2.44. The van der Waals surface area contributed by atoms with Crippen molar-refractivity contribution in [2.24, 2.45) is 5.73 Å². The molecule has 1 aliphatic heterocycles. The zero-order chi connectivity index (χ0) is 14.2. The Labute approximate surface area is 114 Å². The van der Waals surface area contributed by atoms with Gasteiger partial charge in [0.05, 0.1) is 31.8 Å². The van der Waals surface area contributed by atoms with Crippen LogP contribution in [0.4, 0.5) is 0 Å². The van der Waals surface area contributed by atoms with Crippen LogP contribution < -0.4 is 10.5 Å². The standard InChI is InChI=1S/C15H23NO3/c1-9-5-10(2)13(14(18-4)11(9)3)15(7-19-8-15)12(17)6-16/h5,12,17H,6-8,16H2,1-4H3. The second-order valence-corrected chi connectivity index (χ2v) is 5.44. The van der Waals surface area contributed by atoms with E-state index in [2.05, 4.69) is 13.0 Å². The molecule has 0 saturated carbocycles. The molecule has 0 aliphatic carbocycles. The van der Waals surface area contributed by atoms with Crippen LogP contribution in [0.15, 0.2) is 6.07 Å². The van der Waals surface area contributed by atoms with Crippen LogP contribution >= 0.6 is 0 Å². The molecule has 0 spiro atoms. The number of hydrogen-bond acceptors (Lipinski definition) is 4. The molecule has 1 aromatic carbocycles. The first-order valence-electron chi connectivity index (χ1n) is 6.59. The van der Waals surface area contributed by atoms with E-state index in [1.807, 2.05) is 13.8 Å². The highest BCUT2D eigenvalue weighted by atomic mass is 16.5. The maximum Gasteiger partial charge on any atom is 0.126 e. The summed E-state index contributed by atoms with van der Waals surface area (Å²) in [4.78, 5) is 0. The third kappa shape index (κ3) is 2.04. The molecule has 106 valence electrons. The maximum atomic E-state index is 10.3. The van der Waals surface area contributed by atoms with Crippen LogP contribution in [0.1, 0.15) is 22.3 Å². The summed E-state index contributed by atoms with van der Waals surface area (Å²) in [6.45, 7) is 7.36. The molecule has 0 amide bonds. The average Bonchev–Trinajstić information content (AvgIpc) is 2.34. The molecular weight excluding hydrogens is 242 g/mol. The van der Waals surface area contributed by atoms with Gasteiger partial charge < -0.3 is 20.3 Å². The molecule has 1 unspecified atom stereocenters. The van der Waals surface area contributed by atoms with E-state index in [-0.39, 0.29) is 6.54 Å². The summed E-state index contributed by atoms with van der Waals surface area (Å²) in [5, 5.41) is 10.3. The Balaban J connectivity index is 2.64. The van der Waals surface area contributed by atoms with Crippen molar-refractivity contribution in [1.29, 1.82) is 0 Å². The lowest BCUT2D eigenvalue weighted by molar-refractivity contribution is -0.117. The van der Waals surface area contributed by atoms with Crippen molar-refractivity contribution in [3.63, 3.8) is 0 Å². The zero-order valence-corrected chi connectivity index (χ0v) is 12.1. The minimum atomic E-state index is -0.615. The number of hydrogen-bond donors (Lipinski definition) is 2. The Kier molecular flexibility index (Phi) is 3.85. The summed E-state index contributed by atoms with van der Waals surface area (Å²) in [5.74, 6) is 0.855. The van der Waals surface area contributed by atoms with E-state index in [4.69, 9.17) is 15.2 Å². The third-order valence-electron chi connectivity index (χ3n) is 4.27. The van der Waals surface area contributed by atoms with E-state index < -0.39 is 11.5 Å². The van der Waals surface area contributed by atoms with E-state index in [1.54, 1.807) is 7.11 Å². The monoisotopic (exact) mass is 265 g/mol. The summed E-state index contributed by atoms with van der Waals surface area (Å²) < 4.78 is 11.0. The van der Waals surface area contributed by atoms with Crippen molar-refractivity contribution >= 4 is 0 Å². The molecular formula is C15H23NO3. The summed E-state index contributed by atoms with van der Waals surface area (Å²) in [6.07, 6.45) is -0.615. The van der Waals surface area contributed by atoms with E-state index in [0.717, 1.165) is 22.4 Å². The molecule has 2 rings (SSSR count). The second kappa shape index (κ2) is 5.12. The molecule has 4 heteroatoms. The number of aryl methyl sites for hydroxylation is 2. The fourth-order valence-corrected chi connectivity index (χ4v) is 2.98. The fourth-order valence-electron chi connectivity index (χ4n) is 2.98. The predicted octanol–water partition coefficient (Wildman–Crippen LogP) is 1.21. The van der Waals surface area contributed by atoms with Gasteiger partial charge in [0.2, 0.25) is 0 Å². The highest BCUT2D eigenvalue weighted by molar-refractivity contribution is 5.54. The Hall–Kier alpha value is -1.10. The molecule has 19 heavy (non-hydrogen) atoms. The van der Waals surface area contributed by atoms with E-state index in [1.165, 1.54) is 5.56 Å². The number of aliphatic hydroxyl groups is 1. The van der Waals surface area contributed by atoms with Gasteiger partial charge in [-0.2, -0.15) is 0 Å². The number of benzene rings is 1. The van der Waals surface area contributed by atoms with Gasteiger partial charge in [-0.15, -0.1) is 0 Å². The highest BCUT2D eigenvalue weighted by Gasteiger charge is 2.49. The molecule has 1 fully saturated rings. The summed E-state index contributed by atoms with van der Waals surface area (Å²) >= 11 is 0. The number of nitrogens with two attached hydrogens (primary N) is 1. The molecule has 1 aliphatic rings. The first kappa shape index (κ1) is 14.3. The Bertz CT molecular complexity index is 481. The van der Waals surface area contributed by atoms with Gasteiger partial charge in [0.15, 0.2) is 0 Å². The van der Waals surface area contributed by atoms with Crippen molar-refractivity contribution in [2.45, 2.75) is 32.3 Å². The van der Waals surface area contributed by atoms with Gasteiger partial charge in [-0.25, -0.2) is 0 Å². The van der Waals surface area contributed by atoms with Crippen LogP contribution in [-0.4, -0.2) is 38.1 Å². The lowest BCUT2D eigenvalue weighted by Crippen LogP contribution is -2.58. The minimum absolute atomic E-state index is 0.221. The SMILES string of the molecule is COc1c(C)c(C)cc(C)c1C1(C(O)CN)COC1. The van der Waals surface area contributed by atoms with Gasteiger partial charge >= 0.3 is 0 Å². The molecule has 1 aromatic rings. The number of methoxy groups -OCH3 is 1. The topological polar surface area (TPSA) is 64.7 Å². The normalized spacial score (nSPS) is 18.8. The van der Waals surface area contributed by atoms with Crippen molar-refractivity contribution in [2.75, 3.05) is 26.9 Å². The number of aliphatic hydroxyl groups excluding tert-OH is 1. The van der Waals surface area contributed by atoms with Crippen molar-refractivity contribution in [3.8, 4) is 5.75 Å². The van der Waals surface area contributed by atoms with Crippen LogP contribution in [0.3, 0.4) is 0 Å². The zero-order valence-electron chi connectivity index (χ0n) is 12.1. The lowest BCUT2D eigenvalue weighted by atomic mass is 9.71. The van der Waals surface area contributed by atoms with Crippen molar-refractivity contribution in [1.82, 2.24) is 0 Å². The Morgan fingerprint density at radius 2 is 2.00 bits per heavy atom. The maximum absolute atomic E-state index is 10.3. The predicted molar refractivity (Wildman–Crippen MR) is 74.8 cm³/mol. The summed E-state index contributed by atoms with van der Waals surface area (Å²) in [6, 6.07) is 2.14. The van der Waals surface area contributed by atoms with Gasteiger partial charge in [-0.3, -0.25) is 0 Å². The molecule has 0 bridgehead atoms. The van der Waals surface area contributed by atoms with Gasteiger partial charge in [0, 0.05) is 12.1 Å². The van der Waals surface area contributed by atoms with Gasteiger partial charge in [-0.1, -0.05) is 6.07 Å². The van der Waals surface area contributed by atoms with E-state index >= 15 is 0 Å². The summed E-state index contributed by atoms with van der Waals surface area (Å²) in [5.41, 5.74) is 9.71. The van der Waals surface area contributed by atoms with Crippen LogP contribution in [0.5, 0.6) is 5.75 Å². The molecule has 1 atom stereocenters. The molecule has 0 radical (unpaired) electrons. The van der Waals surface area contributed by atoms with E-state index in [0.29, 0.717) is 13.2 Å². The van der Waals surface area contributed by atoms with Crippen molar-refractivity contribution in [3.05, 3.63) is 28.3 Å². The Morgan fingerprint density at radius 3 is 2.42 bits per heavy atom. The lowest BCUT2D eigenvalue weighted by Gasteiger charge is -2.46. The molecule has 3 N–H and O–H groups in total. The largest absolute Gasteiger partial charge is 0.496 e. The van der Waals surface area contributed by atoms with Crippen LogP contribution in [0, 0.1) is 20.8 Å². The second-order valence-electron chi connectivity index (χ2n) is 5.44. The third-order valence-corrected chi connectivity index (χ3v) is 4.27.